The Morgan fingerprint density at radius 2 is 2.00 bits per heavy atom. The minimum atomic E-state index is -0.0371. The van der Waals surface area contributed by atoms with Crippen molar-refractivity contribution in [1.29, 1.82) is 0 Å². The summed E-state index contributed by atoms with van der Waals surface area (Å²) >= 11 is 0. The van der Waals surface area contributed by atoms with E-state index in [4.69, 9.17) is 9.47 Å². The summed E-state index contributed by atoms with van der Waals surface area (Å²) in [5.41, 5.74) is 3.79. The molecule has 26 heavy (non-hydrogen) atoms. The van der Waals surface area contributed by atoms with E-state index in [1.165, 1.54) is 0 Å². The van der Waals surface area contributed by atoms with E-state index in [1.807, 2.05) is 36.9 Å². The number of carbonyl (C=O) groups excluding carboxylic acids is 1. The van der Waals surface area contributed by atoms with Crippen molar-refractivity contribution in [3.8, 4) is 11.5 Å². The Hall–Kier alpha value is -3.03. The summed E-state index contributed by atoms with van der Waals surface area (Å²) in [6.07, 6.45) is 2.12. The van der Waals surface area contributed by atoms with Gasteiger partial charge in [-0.25, -0.2) is 0 Å². The predicted molar refractivity (Wildman–Crippen MR) is 97.2 cm³/mol. The number of fused-ring (bicyclic) bond motifs is 1. The zero-order valence-electron chi connectivity index (χ0n) is 15.4. The molecule has 0 spiro atoms. The Morgan fingerprint density at radius 1 is 1.23 bits per heavy atom. The van der Waals surface area contributed by atoms with Crippen molar-refractivity contribution in [2.24, 2.45) is 7.05 Å². The first kappa shape index (κ1) is 17.8. The second kappa shape index (κ2) is 7.47. The summed E-state index contributed by atoms with van der Waals surface area (Å²) in [7, 11) is 5.07. The lowest BCUT2D eigenvalue weighted by Crippen LogP contribution is -2.24. The maximum Gasteiger partial charge on any atom is 0.222 e. The third kappa shape index (κ3) is 3.49. The molecule has 0 unspecified atom stereocenters. The van der Waals surface area contributed by atoms with Gasteiger partial charge in [-0.15, -0.1) is 0 Å². The number of aryl methyl sites for hydroxylation is 3. The molecule has 3 aromatic rings. The smallest absolute Gasteiger partial charge is 0.222 e. The number of amides is 1. The van der Waals surface area contributed by atoms with Gasteiger partial charge in [-0.3, -0.25) is 14.2 Å². The second-order valence-electron chi connectivity index (χ2n) is 6.03. The molecule has 8 nitrogen and oxygen atoms in total. The molecule has 0 saturated heterocycles. The highest BCUT2D eigenvalue weighted by Crippen LogP contribution is 2.27. The summed E-state index contributed by atoms with van der Waals surface area (Å²) in [6.45, 7) is 2.88. The molecule has 0 aliphatic rings. The highest BCUT2D eigenvalue weighted by Gasteiger charge is 2.12. The number of nitrogens with zero attached hydrogens (tertiary/aromatic N) is 4. The van der Waals surface area contributed by atoms with Gasteiger partial charge in [0, 0.05) is 20.0 Å². The molecule has 1 N–H and O–H groups in total. The lowest BCUT2D eigenvalue weighted by molar-refractivity contribution is -0.121. The molecule has 3 rings (SSSR count). The van der Waals surface area contributed by atoms with Crippen molar-refractivity contribution < 1.29 is 14.3 Å². The van der Waals surface area contributed by atoms with Crippen LogP contribution in [0.2, 0.25) is 0 Å². The van der Waals surface area contributed by atoms with Crippen molar-refractivity contribution in [3.05, 3.63) is 35.7 Å². The molecule has 0 atom stereocenters. The van der Waals surface area contributed by atoms with E-state index < -0.39 is 0 Å². The molecule has 0 radical (unpaired) electrons. The molecule has 0 bridgehead atoms. The van der Waals surface area contributed by atoms with E-state index >= 15 is 0 Å². The SMILES string of the molecule is COc1ccc(CNC(=O)CCn2ncc3c2c(C)nn3C)cc1OC. The van der Waals surface area contributed by atoms with E-state index in [2.05, 4.69) is 15.5 Å². The van der Waals surface area contributed by atoms with Gasteiger partial charge in [0.2, 0.25) is 5.91 Å². The Balaban J connectivity index is 1.57. The Kier molecular flexibility index (Phi) is 5.11. The van der Waals surface area contributed by atoms with Crippen LogP contribution in [0.25, 0.3) is 11.0 Å². The molecule has 0 saturated carbocycles. The van der Waals surface area contributed by atoms with Crippen molar-refractivity contribution >= 4 is 16.9 Å². The normalized spacial score (nSPS) is 10.9. The number of hydrogen-bond donors (Lipinski definition) is 1. The molecule has 2 heterocycles. The monoisotopic (exact) mass is 357 g/mol. The Morgan fingerprint density at radius 3 is 2.73 bits per heavy atom. The average Bonchev–Trinajstić information content (AvgIpc) is 3.19. The highest BCUT2D eigenvalue weighted by atomic mass is 16.5. The molecule has 0 aliphatic heterocycles. The fraction of sp³-hybridized carbons (Fsp3) is 0.389. The van der Waals surface area contributed by atoms with Gasteiger partial charge in [-0.05, 0) is 24.6 Å². The van der Waals surface area contributed by atoms with Crippen molar-refractivity contribution in [2.75, 3.05) is 14.2 Å². The van der Waals surface area contributed by atoms with Gasteiger partial charge < -0.3 is 14.8 Å². The first-order valence-corrected chi connectivity index (χ1v) is 8.36. The quantitative estimate of drug-likeness (QED) is 0.697. The number of hydrogen-bond acceptors (Lipinski definition) is 5. The lowest BCUT2D eigenvalue weighted by atomic mass is 10.2. The van der Waals surface area contributed by atoms with Crippen LogP contribution in [0, 0.1) is 6.92 Å². The van der Waals surface area contributed by atoms with Gasteiger partial charge >= 0.3 is 0 Å². The summed E-state index contributed by atoms with van der Waals surface area (Å²) in [5.74, 6) is 1.27. The number of carbonyl (C=O) groups is 1. The van der Waals surface area contributed by atoms with Crippen LogP contribution in [0.1, 0.15) is 17.7 Å². The molecular formula is C18H23N5O3. The first-order chi connectivity index (χ1) is 12.5. The van der Waals surface area contributed by atoms with Crippen LogP contribution in [-0.4, -0.2) is 39.7 Å². The molecular weight excluding hydrogens is 334 g/mol. The van der Waals surface area contributed by atoms with Crippen LogP contribution in [0.15, 0.2) is 24.4 Å². The van der Waals surface area contributed by atoms with Crippen molar-refractivity contribution in [1.82, 2.24) is 24.9 Å². The summed E-state index contributed by atoms with van der Waals surface area (Å²) in [5, 5.41) is 11.7. The van der Waals surface area contributed by atoms with Gasteiger partial charge in [0.15, 0.2) is 11.5 Å². The number of benzene rings is 1. The minimum Gasteiger partial charge on any atom is -0.493 e. The van der Waals surface area contributed by atoms with E-state index in [0.29, 0.717) is 31.0 Å². The van der Waals surface area contributed by atoms with Gasteiger partial charge in [-0.1, -0.05) is 6.07 Å². The fourth-order valence-electron chi connectivity index (χ4n) is 2.97. The average molecular weight is 357 g/mol. The molecule has 2 aromatic heterocycles. The third-order valence-corrected chi connectivity index (χ3v) is 4.30. The van der Waals surface area contributed by atoms with Crippen LogP contribution < -0.4 is 14.8 Å². The zero-order chi connectivity index (χ0) is 18.7. The minimum absolute atomic E-state index is 0.0371. The van der Waals surface area contributed by atoms with Crippen molar-refractivity contribution in [3.63, 3.8) is 0 Å². The number of nitrogens with one attached hydrogen (secondary N) is 1. The van der Waals surface area contributed by atoms with Crippen LogP contribution in [0.5, 0.6) is 11.5 Å². The zero-order valence-corrected chi connectivity index (χ0v) is 15.4. The number of rotatable bonds is 7. The number of ether oxygens (including phenoxy) is 2. The first-order valence-electron chi connectivity index (χ1n) is 8.36. The second-order valence-corrected chi connectivity index (χ2v) is 6.03. The molecule has 0 aliphatic carbocycles. The number of methoxy groups -OCH3 is 2. The number of aromatic nitrogens is 4. The molecule has 1 amide bonds. The van der Waals surface area contributed by atoms with Crippen LogP contribution >= 0.6 is 0 Å². The van der Waals surface area contributed by atoms with Crippen LogP contribution in [0.3, 0.4) is 0 Å². The molecule has 1 aromatic carbocycles. The topological polar surface area (TPSA) is 83.2 Å². The third-order valence-electron chi connectivity index (χ3n) is 4.30. The molecule has 0 fully saturated rings. The maximum absolute atomic E-state index is 12.2. The van der Waals surface area contributed by atoms with Gasteiger partial charge in [0.25, 0.3) is 0 Å². The van der Waals surface area contributed by atoms with E-state index in [-0.39, 0.29) is 5.91 Å². The largest absolute Gasteiger partial charge is 0.493 e. The van der Waals surface area contributed by atoms with E-state index in [0.717, 1.165) is 22.3 Å². The molecule has 8 heteroatoms. The predicted octanol–water partition coefficient (Wildman–Crippen LogP) is 1.80. The summed E-state index contributed by atoms with van der Waals surface area (Å²) < 4.78 is 14.1. The lowest BCUT2D eigenvalue weighted by Gasteiger charge is -2.10. The van der Waals surface area contributed by atoms with Gasteiger partial charge in [0.1, 0.15) is 11.0 Å². The van der Waals surface area contributed by atoms with Gasteiger partial charge in [0.05, 0.1) is 32.7 Å². The van der Waals surface area contributed by atoms with Crippen molar-refractivity contribution in [2.45, 2.75) is 26.4 Å². The van der Waals surface area contributed by atoms with Crippen LogP contribution in [-0.2, 0) is 24.9 Å². The Labute approximate surface area is 151 Å². The maximum atomic E-state index is 12.2. The van der Waals surface area contributed by atoms with Gasteiger partial charge in [-0.2, -0.15) is 10.2 Å². The van der Waals surface area contributed by atoms with Crippen LogP contribution in [0.4, 0.5) is 0 Å². The standard InChI is InChI=1S/C18H23N5O3/c1-12-18-14(22(2)21-12)11-20-23(18)8-7-17(24)19-10-13-5-6-15(25-3)16(9-13)26-4/h5-6,9,11H,7-8,10H2,1-4H3,(H,19,24). The van der Waals surface area contributed by atoms with E-state index in [9.17, 15) is 4.79 Å². The highest BCUT2D eigenvalue weighted by molar-refractivity contribution is 5.78. The summed E-state index contributed by atoms with van der Waals surface area (Å²) in [4.78, 5) is 12.2. The Bertz CT molecular complexity index is 928. The summed E-state index contributed by atoms with van der Waals surface area (Å²) in [6, 6.07) is 5.58. The fourth-order valence-corrected chi connectivity index (χ4v) is 2.97. The van der Waals surface area contributed by atoms with E-state index in [1.54, 1.807) is 25.1 Å². The molecule has 138 valence electrons.